The molecule has 0 spiro atoms. The van der Waals surface area contributed by atoms with Crippen LogP contribution < -0.4 is 5.32 Å². The minimum Gasteiger partial charge on any atom is -0.452 e. The van der Waals surface area contributed by atoms with Crippen LogP contribution in [0.1, 0.15) is 38.4 Å². The van der Waals surface area contributed by atoms with Gasteiger partial charge in [-0.05, 0) is 57.5 Å². The lowest BCUT2D eigenvalue weighted by molar-refractivity contribution is -0.0400. The smallest absolute Gasteiger partial charge is 0.299 e. The zero-order valence-electron chi connectivity index (χ0n) is 14.7. The standard InChI is InChI=1S/C19H21N3O3/c1-12-7-8-22-15(11-12)20-16(17(22)21-19(2,3)4)13-5-6-14(25-13)18-23-9-10-24-18/h5-11,18,21H,1-4H3. The van der Waals surface area contributed by atoms with Crippen LogP contribution in [-0.2, 0) is 9.47 Å². The van der Waals surface area contributed by atoms with Crippen LogP contribution in [0.2, 0.25) is 0 Å². The van der Waals surface area contributed by atoms with Crippen LogP contribution in [0.15, 0.2) is 47.4 Å². The Hall–Kier alpha value is -2.89. The molecule has 3 aromatic rings. The number of aryl methyl sites for hydroxylation is 1. The van der Waals surface area contributed by atoms with Crippen molar-refractivity contribution in [1.82, 2.24) is 9.38 Å². The van der Waals surface area contributed by atoms with Crippen molar-refractivity contribution in [3.05, 3.63) is 54.3 Å². The van der Waals surface area contributed by atoms with Gasteiger partial charge in [-0.15, -0.1) is 0 Å². The Kier molecular flexibility index (Phi) is 3.49. The molecule has 1 N–H and O–H groups in total. The summed E-state index contributed by atoms with van der Waals surface area (Å²) in [7, 11) is 0. The van der Waals surface area contributed by atoms with Crippen molar-refractivity contribution in [2.24, 2.45) is 0 Å². The first-order valence-electron chi connectivity index (χ1n) is 8.24. The summed E-state index contributed by atoms with van der Waals surface area (Å²) in [5.41, 5.74) is 2.67. The number of hydrogen-bond donors (Lipinski definition) is 1. The maximum atomic E-state index is 5.96. The molecule has 4 rings (SSSR count). The number of nitrogens with zero attached hydrogens (tertiary/aromatic N) is 2. The highest BCUT2D eigenvalue weighted by Gasteiger charge is 2.24. The van der Waals surface area contributed by atoms with Crippen molar-refractivity contribution in [2.75, 3.05) is 5.32 Å². The fourth-order valence-electron chi connectivity index (χ4n) is 2.77. The second-order valence-corrected chi connectivity index (χ2v) is 7.19. The summed E-state index contributed by atoms with van der Waals surface area (Å²) in [6.07, 6.45) is 4.50. The molecule has 0 bridgehead atoms. The molecule has 0 atom stereocenters. The fraction of sp³-hybridized carbons (Fsp3) is 0.316. The van der Waals surface area contributed by atoms with Crippen LogP contribution in [0, 0.1) is 6.92 Å². The molecule has 0 amide bonds. The van der Waals surface area contributed by atoms with E-state index in [2.05, 4.69) is 39.1 Å². The first-order chi connectivity index (χ1) is 11.9. The molecule has 0 unspecified atom stereocenters. The van der Waals surface area contributed by atoms with Gasteiger partial charge in [-0.1, -0.05) is 0 Å². The predicted molar refractivity (Wildman–Crippen MR) is 95.1 cm³/mol. The first-order valence-corrected chi connectivity index (χ1v) is 8.24. The molecule has 4 heterocycles. The molecule has 0 saturated carbocycles. The van der Waals surface area contributed by atoms with Gasteiger partial charge in [-0.25, -0.2) is 4.98 Å². The molecule has 6 heteroatoms. The summed E-state index contributed by atoms with van der Waals surface area (Å²) in [6.45, 7) is 8.40. The van der Waals surface area contributed by atoms with E-state index in [9.17, 15) is 0 Å². The van der Waals surface area contributed by atoms with Crippen LogP contribution in [0.25, 0.3) is 17.1 Å². The average molecular weight is 339 g/mol. The largest absolute Gasteiger partial charge is 0.452 e. The maximum absolute atomic E-state index is 5.96. The molecule has 1 aliphatic rings. The molecule has 0 fully saturated rings. The second-order valence-electron chi connectivity index (χ2n) is 7.19. The number of nitrogens with one attached hydrogen (secondary N) is 1. The monoisotopic (exact) mass is 339 g/mol. The molecule has 0 aromatic carbocycles. The predicted octanol–water partition coefficient (Wildman–Crippen LogP) is 4.63. The van der Waals surface area contributed by atoms with E-state index in [1.165, 1.54) is 12.5 Å². The minimum atomic E-state index is -0.535. The van der Waals surface area contributed by atoms with Crippen LogP contribution >= 0.6 is 0 Å². The van der Waals surface area contributed by atoms with E-state index in [1.807, 2.05) is 28.8 Å². The van der Waals surface area contributed by atoms with Gasteiger partial charge in [0.25, 0.3) is 6.29 Å². The van der Waals surface area contributed by atoms with Crippen molar-refractivity contribution in [2.45, 2.75) is 39.5 Å². The van der Waals surface area contributed by atoms with Crippen molar-refractivity contribution in [3.63, 3.8) is 0 Å². The van der Waals surface area contributed by atoms with Gasteiger partial charge >= 0.3 is 0 Å². The summed E-state index contributed by atoms with van der Waals surface area (Å²) >= 11 is 0. The zero-order valence-corrected chi connectivity index (χ0v) is 14.7. The van der Waals surface area contributed by atoms with Gasteiger partial charge in [0.15, 0.2) is 11.5 Å². The molecule has 0 radical (unpaired) electrons. The van der Waals surface area contributed by atoms with E-state index < -0.39 is 6.29 Å². The number of fused-ring (bicyclic) bond motifs is 1. The van der Waals surface area contributed by atoms with Crippen molar-refractivity contribution in [3.8, 4) is 11.5 Å². The Labute approximate surface area is 146 Å². The fourth-order valence-corrected chi connectivity index (χ4v) is 2.77. The maximum Gasteiger partial charge on any atom is 0.299 e. The quantitative estimate of drug-likeness (QED) is 0.754. The van der Waals surface area contributed by atoms with Gasteiger partial charge in [-0.3, -0.25) is 4.40 Å². The summed E-state index contributed by atoms with van der Waals surface area (Å²) < 4.78 is 18.7. The Bertz CT molecular complexity index is 939. The topological polar surface area (TPSA) is 60.9 Å². The van der Waals surface area contributed by atoms with Gasteiger partial charge in [0.1, 0.15) is 29.7 Å². The molecule has 3 aromatic heterocycles. The van der Waals surface area contributed by atoms with Crippen molar-refractivity contribution >= 4 is 11.5 Å². The number of rotatable bonds is 3. The zero-order chi connectivity index (χ0) is 17.6. The third-order valence-corrected chi connectivity index (χ3v) is 3.83. The van der Waals surface area contributed by atoms with Gasteiger partial charge in [0.05, 0.1) is 0 Å². The van der Waals surface area contributed by atoms with Gasteiger partial charge < -0.3 is 19.2 Å². The molecular formula is C19H21N3O3. The number of furan rings is 1. The number of imidazole rings is 1. The highest BCUT2D eigenvalue weighted by Crippen LogP contribution is 2.35. The number of ether oxygens (including phenoxy) is 2. The summed E-state index contributed by atoms with van der Waals surface area (Å²) in [5.74, 6) is 2.17. The molecule has 0 aliphatic carbocycles. The number of hydrogen-bond acceptors (Lipinski definition) is 5. The number of pyridine rings is 1. The van der Waals surface area contributed by atoms with E-state index in [4.69, 9.17) is 18.9 Å². The summed E-state index contributed by atoms with van der Waals surface area (Å²) in [6, 6.07) is 7.85. The highest BCUT2D eigenvalue weighted by atomic mass is 16.7. The lowest BCUT2D eigenvalue weighted by Gasteiger charge is -2.22. The van der Waals surface area contributed by atoms with E-state index in [0.717, 1.165) is 22.7 Å². The lowest BCUT2D eigenvalue weighted by atomic mass is 10.1. The number of aromatic nitrogens is 2. The summed E-state index contributed by atoms with van der Waals surface area (Å²) in [4.78, 5) is 4.78. The van der Waals surface area contributed by atoms with Crippen molar-refractivity contribution in [1.29, 1.82) is 0 Å². The Morgan fingerprint density at radius 2 is 1.88 bits per heavy atom. The van der Waals surface area contributed by atoms with Crippen molar-refractivity contribution < 1.29 is 13.9 Å². The lowest BCUT2D eigenvalue weighted by Crippen LogP contribution is -2.27. The molecule has 130 valence electrons. The van der Waals surface area contributed by atoms with Crippen LogP contribution in [0.5, 0.6) is 0 Å². The van der Waals surface area contributed by atoms with E-state index >= 15 is 0 Å². The Morgan fingerprint density at radius 3 is 2.60 bits per heavy atom. The Balaban J connectivity index is 1.81. The van der Waals surface area contributed by atoms with E-state index in [0.29, 0.717) is 11.5 Å². The minimum absolute atomic E-state index is 0.118. The molecule has 6 nitrogen and oxygen atoms in total. The molecular weight excluding hydrogens is 318 g/mol. The Morgan fingerprint density at radius 1 is 1.12 bits per heavy atom. The van der Waals surface area contributed by atoms with Gasteiger partial charge in [0.2, 0.25) is 0 Å². The number of anilines is 1. The first kappa shape index (κ1) is 15.6. The third kappa shape index (κ3) is 2.95. The van der Waals surface area contributed by atoms with Gasteiger partial charge in [-0.2, -0.15) is 0 Å². The molecule has 0 saturated heterocycles. The van der Waals surface area contributed by atoms with E-state index in [1.54, 1.807) is 0 Å². The van der Waals surface area contributed by atoms with Crippen LogP contribution in [0.3, 0.4) is 0 Å². The van der Waals surface area contributed by atoms with Crippen LogP contribution in [0.4, 0.5) is 5.82 Å². The third-order valence-electron chi connectivity index (χ3n) is 3.83. The highest BCUT2D eigenvalue weighted by molar-refractivity contribution is 5.74. The van der Waals surface area contributed by atoms with Gasteiger partial charge in [0, 0.05) is 11.7 Å². The average Bonchev–Trinajstić information content (AvgIpc) is 3.23. The molecule has 25 heavy (non-hydrogen) atoms. The van der Waals surface area contributed by atoms with Crippen LogP contribution in [-0.4, -0.2) is 14.9 Å². The normalized spacial score (nSPS) is 14.7. The van der Waals surface area contributed by atoms with E-state index in [-0.39, 0.29) is 5.54 Å². The second kappa shape index (κ2) is 5.58. The summed E-state index contributed by atoms with van der Waals surface area (Å²) in [5, 5.41) is 3.54. The SMILES string of the molecule is Cc1ccn2c(NC(C)(C)C)c(-c3ccc(C4OC=CO4)o3)nc2c1. The molecule has 1 aliphatic heterocycles.